The van der Waals surface area contributed by atoms with Gasteiger partial charge in [-0.2, -0.15) is 0 Å². The molecule has 0 bridgehead atoms. The van der Waals surface area contributed by atoms with Crippen LogP contribution >= 0.6 is 0 Å². The molecule has 0 atom stereocenters. The number of carbonyl (C=O) groups is 1. The van der Waals surface area contributed by atoms with Crippen LogP contribution in [0.3, 0.4) is 0 Å². The first-order chi connectivity index (χ1) is 9.08. The molecule has 1 aromatic rings. The highest BCUT2D eigenvalue weighted by atomic mass is 16.3. The minimum atomic E-state index is 0.0797. The molecule has 0 aliphatic carbocycles. The zero-order valence-electron chi connectivity index (χ0n) is 11.7. The van der Waals surface area contributed by atoms with E-state index in [9.17, 15) is 9.90 Å². The summed E-state index contributed by atoms with van der Waals surface area (Å²) in [6, 6.07) is 7.37. The maximum Gasteiger partial charge on any atom is 0.227 e. The van der Waals surface area contributed by atoms with Crippen molar-refractivity contribution in [3.05, 3.63) is 29.8 Å². The number of carbonyl (C=O) groups excluding carboxylic acids is 1. The highest BCUT2D eigenvalue weighted by molar-refractivity contribution is 5.79. The summed E-state index contributed by atoms with van der Waals surface area (Å²) in [6.45, 7) is 2.08. The van der Waals surface area contributed by atoms with Crippen LogP contribution in [0, 0.1) is 0 Å². The quantitative estimate of drug-likeness (QED) is 0.897. The Bertz CT molecular complexity index is 440. The lowest BCUT2D eigenvalue weighted by atomic mass is 10.0. The minimum absolute atomic E-state index is 0.0797. The van der Waals surface area contributed by atoms with Gasteiger partial charge < -0.3 is 14.9 Å². The van der Waals surface area contributed by atoms with E-state index in [0.717, 1.165) is 25.9 Å². The van der Waals surface area contributed by atoms with Crippen LogP contribution in [0.15, 0.2) is 24.3 Å². The molecule has 1 saturated heterocycles. The summed E-state index contributed by atoms with van der Waals surface area (Å²) < 4.78 is 0. The Labute approximate surface area is 114 Å². The molecule has 0 radical (unpaired) electrons. The number of amides is 1. The molecule has 0 aromatic heterocycles. The van der Waals surface area contributed by atoms with E-state index in [-0.39, 0.29) is 18.1 Å². The summed E-state index contributed by atoms with van der Waals surface area (Å²) in [5, 5.41) is 9.71. The van der Waals surface area contributed by atoms with Crippen LogP contribution in [-0.4, -0.2) is 54.0 Å². The van der Waals surface area contributed by atoms with Gasteiger partial charge in [-0.15, -0.1) is 0 Å². The summed E-state index contributed by atoms with van der Waals surface area (Å²) >= 11 is 0. The Balaban J connectivity index is 1.94. The summed E-state index contributed by atoms with van der Waals surface area (Å²) in [4.78, 5) is 16.4. The van der Waals surface area contributed by atoms with E-state index < -0.39 is 0 Å². The van der Waals surface area contributed by atoms with E-state index in [2.05, 4.69) is 11.9 Å². The Morgan fingerprint density at radius 1 is 1.37 bits per heavy atom. The van der Waals surface area contributed by atoms with Gasteiger partial charge in [-0.05, 0) is 39.0 Å². The van der Waals surface area contributed by atoms with Crippen LogP contribution in [0.2, 0.25) is 0 Å². The highest BCUT2D eigenvalue weighted by Crippen LogP contribution is 2.19. The van der Waals surface area contributed by atoms with Gasteiger partial charge in [0.2, 0.25) is 5.91 Å². The molecule has 0 saturated carbocycles. The molecule has 1 heterocycles. The van der Waals surface area contributed by atoms with Gasteiger partial charge in [0.1, 0.15) is 5.75 Å². The smallest absolute Gasteiger partial charge is 0.227 e. The molecular formula is C15H22N2O2. The lowest BCUT2D eigenvalue weighted by Crippen LogP contribution is -2.44. The minimum Gasteiger partial charge on any atom is -0.508 e. The number of likely N-dealkylation sites (tertiary alicyclic amines) is 1. The van der Waals surface area contributed by atoms with E-state index in [4.69, 9.17) is 0 Å². The number of aromatic hydroxyl groups is 1. The molecule has 104 valence electrons. The van der Waals surface area contributed by atoms with Crippen molar-refractivity contribution in [3.63, 3.8) is 0 Å². The maximum absolute atomic E-state index is 12.2. The lowest BCUT2D eigenvalue weighted by molar-refractivity contribution is -0.132. The van der Waals surface area contributed by atoms with Crippen LogP contribution in [0.25, 0.3) is 0 Å². The first-order valence-corrected chi connectivity index (χ1v) is 6.79. The predicted octanol–water partition coefficient (Wildman–Crippen LogP) is 1.49. The lowest BCUT2D eigenvalue weighted by Gasteiger charge is -2.35. The third kappa shape index (κ3) is 3.47. The maximum atomic E-state index is 12.2. The number of likely N-dealkylation sites (N-methyl/N-ethyl adjacent to an activating group) is 1. The summed E-state index contributed by atoms with van der Waals surface area (Å²) in [5.74, 6) is 0.281. The van der Waals surface area contributed by atoms with Crippen molar-refractivity contribution < 1.29 is 9.90 Å². The van der Waals surface area contributed by atoms with Crippen molar-refractivity contribution >= 4 is 5.91 Å². The molecule has 1 fully saturated rings. The molecule has 4 nitrogen and oxygen atoms in total. The molecular weight excluding hydrogens is 240 g/mol. The van der Waals surface area contributed by atoms with Gasteiger partial charge in [-0.1, -0.05) is 18.2 Å². The molecule has 1 N–H and O–H groups in total. The van der Waals surface area contributed by atoms with E-state index in [1.54, 1.807) is 18.2 Å². The Hall–Kier alpha value is -1.55. The highest BCUT2D eigenvalue weighted by Gasteiger charge is 2.24. The molecule has 4 heteroatoms. The van der Waals surface area contributed by atoms with Gasteiger partial charge in [-0.25, -0.2) is 0 Å². The van der Waals surface area contributed by atoms with Crippen LogP contribution in [0.1, 0.15) is 18.4 Å². The van der Waals surface area contributed by atoms with Gasteiger partial charge in [0.15, 0.2) is 0 Å². The predicted molar refractivity (Wildman–Crippen MR) is 75.1 cm³/mol. The van der Waals surface area contributed by atoms with E-state index in [0.29, 0.717) is 11.6 Å². The molecule has 0 spiro atoms. The summed E-state index contributed by atoms with van der Waals surface area (Å²) in [5.41, 5.74) is 0.701. The van der Waals surface area contributed by atoms with Crippen LogP contribution in [-0.2, 0) is 11.2 Å². The number of hydrogen-bond donors (Lipinski definition) is 1. The zero-order chi connectivity index (χ0) is 13.8. The van der Waals surface area contributed by atoms with Crippen molar-refractivity contribution in [2.75, 3.05) is 27.2 Å². The first-order valence-electron chi connectivity index (χ1n) is 6.79. The largest absolute Gasteiger partial charge is 0.508 e. The average molecular weight is 262 g/mol. The monoisotopic (exact) mass is 262 g/mol. The van der Waals surface area contributed by atoms with E-state index in [1.165, 1.54) is 0 Å². The second kappa shape index (κ2) is 6.06. The fourth-order valence-corrected chi connectivity index (χ4v) is 2.53. The standard InChI is InChI=1S/C15H22N2O2/c1-16-9-7-13(8-10-16)17(2)15(19)11-12-5-3-4-6-14(12)18/h3-6,13,18H,7-11H2,1-2H3. The number of phenolic OH excluding ortho intramolecular Hbond substituents is 1. The van der Waals surface area contributed by atoms with Crippen molar-refractivity contribution in [1.82, 2.24) is 9.80 Å². The molecule has 19 heavy (non-hydrogen) atoms. The number of piperidine rings is 1. The van der Waals surface area contributed by atoms with Gasteiger partial charge in [0, 0.05) is 18.7 Å². The number of hydrogen-bond acceptors (Lipinski definition) is 3. The summed E-state index contributed by atoms with van der Waals surface area (Å²) in [6.07, 6.45) is 2.33. The molecule has 1 amide bonds. The van der Waals surface area contributed by atoms with Crippen molar-refractivity contribution in [1.29, 1.82) is 0 Å². The van der Waals surface area contributed by atoms with Crippen LogP contribution < -0.4 is 0 Å². The van der Waals surface area contributed by atoms with E-state index >= 15 is 0 Å². The number of nitrogens with zero attached hydrogens (tertiary/aromatic N) is 2. The fraction of sp³-hybridized carbons (Fsp3) is 0.533. The number of benzene rings is 1. The fourth-order valence-electron chi connectivity index (χ4n) is 2.53. The Kier molecular flexibility index (Phi) is 4.43. The van der Waals surface area contributed by atoms with Gasteiger partial charge in [0.25, 0.3) is 0 Å². The molecule has 0 unspecified atom stereocenters. The molecule has 1 aliphatic rings. The number of rotatable bonds is 3. The number of phenols is 1. The Morgan fingerprint density at radius 3 is 2.63 bits per heavy atom. The molecule has 2 rings (SSSR count). The van der Waals surface area contributed by atoms with E-state index in [1.807, 2.05) is 18.0 Å². The third-order valence-electron chi connectivity index (χ3n) is 3.96. The second-order valence-corrected chi connectivity index (χ2v) is 5.34. The zero-order valence-corrected chi connectivity index (χ0v) is 11.7. The van der Waals surface area contributed by atoms with Gasteiger partial charge in [-0.3, -0.25) is 4.79 Å². The number of para-hydroxylation sites is 1. The van der Waals surface area contributed by atoms with Gasteiger partial charge >= 0.3 is 0 Å². The molecule has 1 aliphatic heterocycles. The van der Waals surface area contributed by atoms with Crippen LogP contribution in [0.4, 0.5) is 0 Å². The van der Waals surface area contributed by atoms with Crippen molar-refractivity contribution in [3.8, 4) is 5.75 Å². The summed E-state index contributed by atoms with van der Waals surface area (Å²) in [7, 11) is 3.98. The third-order valence-corrected chi connectivity index (χ3v) is 3.96. The second-order valence-electron chi connectivity index (χ2n) is 5.34. The average Bonchev–Trinajstić information content (AvgIpc) is 2.41. The normalized spacial score (nSPS) is 17.4. The molecule has 1 aromatic carbocycles. The topological polar surface area (TPSA) is 43.8 Å². The van der Waals surface area contributed by atoms with Crippen molar-refractivity contribution in [2.45, 2.75) is 25.3 Å². The van der Waals surface area contributed by atoms with Crippen molar-refractivity contribution in [2.24, 2.45) is 0 Å². The first kappa shape index (κ1) is 13.9. The SMILES string of the molecule is CN1CCC(N(C)C(=O)Cc2ccccc2O)CC1. The van der Waals surface area contributed by atoms with Gasteiger partial charge in [0.05, 0.1) is 6.42 Å². The Morgan fingerprint density at radius 2 is 2.00 bits per heavy atom. The van der Waals surface area contributed by atoms with Crippen LogP contribution in [0.5, 0.6) is 5.75 Å².